The lowest BCUT2D eigenvalue weighted by Gasteiger charge is -2.15. The topological polar surface area (TPSA) is 43.6 Å². The molecule has 0 saturated heterocycles. The fourth-order valence-electron chi connectivity index (χ4n) is 8.28. The summed E-state index contributed by atoms with van der Waals surface area (Å²) in [7, 11) is 0. The summed E-state index contributed by atoms with van der Waals surface area (Å²) in [6.07, 6.45) is 0. The molecule has 0 atom stereocenters. The molecule has 0 amide bonds. The Bertz CT molecular complexity index is 3280. The molecule has 0 aliphatic carbocycles. The molecule has 0 spiro atoms. The van der Waals surface area contributed by atoms with Crippen LogP contribution in [0.1, 0.15) is 0 Å². The van der Waals surface area contributed by atoms with Gasteiger partial charge in [-0.15, -0.1) is 0 Å². The highest BCUT2D eigenvalue weighted by atomic mass is 15.0. The van der Waals surface area contributed by atoms with E-state index in [4.69, 9.17) is 15.0 Å². The van der Waals surface area contributed by atoms with E-state index in [1.54, 1.807) is 0 Å². The van der Waals surface area contributed by atoms with Crippen molar-refractivity contribution in [3.63, 3.8) is 0 Å². The summed E-state index contributed by atoms with van der Waals surface area (Å²) in [5.41, 5.74) is 11.0. The van der Waals surface area contributed by atoms with Gasteiger partial charge in [-0.3, -0.25) is 0 Å². The first kappa shape index (κ1) is 32.7. The normalized spacial score (nSPS) is 11.5. The average molecular weight is 727 g/mol. The molecule has 4 nitrogen and oxygen atoms in total. The van der Waals surface area contributed by atoms with Crippen LogP contribution in [0.25, 0.3) is 105 Å². The third kappa shape index (κ3) is 5.74. The van der Waals surface area contributed by atoms with Crippen molar-refractivity contribution in [2.45, 2.75) is 0 Å². The number of benzene rings is 9. The second-order valence-corrected chi connectivity index (χ2v) is 14.4. The minimum Gasteiger partial charge on any atom is -0.309 e. The van der Waals surface area contributed by atoms with Crippen LogP contribution in [0, 0.1) is 0 Å². The molecule has 11 aromatic rings. The van der Waals surface area contributed by atoms with Crippen molar-refractivity contribution in [1.82, 2.24) is 19.5 Å². The van der Waals surface area contributed by atoms with E-state index in [0.717, 1.165) is 55.0 Å². The maximum Gasteiger partial charge on any atom is 0.165 e. The molecule has 0 unspecified atom stereocenters. The SMILES string of the molecule is c1ccc(-c2nc(-c3ccc4cc(-c5ccc6c(c5)c5ccccc5n6-c5ccccc5)ccc4c3)nc(-c3c(-c4ccccc4)ccc4ccccc34)n2)cc1. The zero-order valence-corrected chi connectivity index (χ0v) is 30.9. The van der Waals surface area contributed by atoms with Gasteiger partial charge in [0.05, 0.1) is 11.0 Å². The first-order chi connectivity index (χ1) is 28.2. The largest absolute Gasteiger partial charge is 0.309 e. The third-order valence-electron chi connectivity index (χ3n) is 11.0. The molecule has 0 aliphatic heterocycles. The molecule has 57 heavy (non-hydrogen) atoms. The van der Waals surface area contributed by atoms with Crippen LogP contribution in [-0.2, 0) is 0 Å². The Kier molecular flexibility index (Phi) is 7.78. The number of rotatable bonds is 6. The lowest BCUT2D eigenvalue weighted by atomic mass is 9.93. The van der Waals surface area contributed by atoms with E-state index in [0.29, 0.717) is 17.5 Å². The Morgan fingerprint density at radius 2 is 0.825 bits per heavy atom. The summed E-state index contributed by atoms with van der Waals surface area (Å²) in [5.74, 6) is 1.92. The molecule has 9 aromatic carbocycles. The van der Waals surface area contributed by atoms with E-state index >= 15 is 0 Å². The van der Waals surface area contributed by atoms with E-state index in [9.17, 15) is 0 Å². The summed E-state index contributed by atoms with van der Waals surface area (Å²) in [6, 6.07) is 72.9. The average Bonchev–Trinajstić information content (AvgIpc) is 3.62. The lowest BCUT2D eigenvalue weighted by Crippen LogP contribution is -2.01. The molecule has 0 saturated carbocycles. The predicted octanol–water partition coefficient (Wildman–Crippen LogP) is 13.6. The Balaban J connectivity index is 1.04. The zero-order valence-electron chi connectivity index (χ0n) is 30.9. The van der Waals surface area contributed by atoms with Crippen LogP contribution in [0.5, 0.6) is 0 Å². The molecule has 0 fully saturated rings. The van der Waals surface area contributed by atoms with Crippen LogP contribution in [0.2, 0.25) is 0 Å². The standard InChI is InChI=1S/C53H34N4/c1-4-14-35(15-5-1)45-30-28-36-16-10-11-21-44(36)50(45)53-55-51(37-17-6-2-7-18-37)54-52(56-53)42-27-26-38-32-39(24-25-40(38)33-42)41-29-31-49-47(34-41)46-22-12-13-23-48(46)57(49)43-19-8-3-9-20-43/h1-34H. The number of nitrogens with zero attached hydrogens (tertiary/aromatic N) is 4. The third-order valence-corrected chi connectivity index (χ3v) is 11.0. The summed E-state index contributed by atoms with van der Waals surface area (Å²) in [5, 5.41) is 7.00. The van der Waals surface area contributed by atoms with Crippen molar-refractivity contribution in [2.75, 3.05) is 0 Å². The Morgan fingerprint density at radius 3 is 1.60 bits per heavy atom. The minimum absolute atomic E-state index is 0.636. The molecule has 4 heteroatoms. The second kappa shape index (κ2) is 13.6. The van der Waals surface area contributed by atoms with Crippen LogP contribution < -0.4 is 0 Å². The van der Waals surface area contributed by atoms with E-state index in [-0.39, 0.29) is 0 Å². The Morgan fingerprint density at radius 1 is 0.298 bits per heavy atom. The molecule has 11 rings (SSSR count). The molecule has 0 radical (unpaired) electrons. The zero-order chi connectivity index (χ0) is 37.7. The quantitative estimate of drug-likeness (QED) is 0.171. The van der Waals surface area contributed by atoms with Crippen LogP contribution in [-0.4, -0.2) is 19.5 Å². The van der Waals surface area contributed by atoms with Crippen molar-refractivity contribution in [2.24, 2.45) is 0 Å². The summed E-state index contributed by atoms with van der Waals surface area (Å²) in [4.78, 5) is 15.5. The fraction of sp³-hybridized carbons (Fsp3) is 0. The number of aromatic nitrogens is 4. The van der Waals surface area contributed by atoms with Gasteiger partial charge in [0.25, 0.3) is 0 Å². The van der Waals surface area contributed by atoms with E-state index in [1.807, 2.05) is 24.3 Å². The Labute approximate surface area is 330 Å². The highest BCUT2D eigenvalue weighted by Crippen LogP contribution is 2.39. The van der Waals surface area contributed by atoms with Gasteiger partial charge in [0.1, 0.15) is 0 Å². The minimum atomic E-state index is 0.636. The first-order valence-electron chi connectivity index (χ1n) is 19.3. The summed E-state index contributed by atoms with van der Waals surface area (Å²) >= 11 is 0. The van der Waals surface area contributed by atoms with Crippen molar-refractivity contribution in [3.8, 4) is 62.1 Å². The molecule has 266 valence electrons. The molecule has 0 bridgehead atoms. The van der Waals surface area contributed by atoms with Gasteiger partial charge in [0.2, 0.25) is 0 Å². The van der Waals surface area contributed by atoms with E-state index in [2.05, 4.69) is 187 Å². The number of hydrogen-bond acceptors (Lipinski definition) is 3. The van der Waals surface area contributed by atoms with Crippen LogP contribution in [0.4, 0.5) is 0 Å². The second-order valence-electron chi connectivity index (χ2n) is 14.4. The van der Waals surface area contributed by atoms with Crippen LogP contribution in [0.3, 0.4) is 0 Å². The highest BCUT2D eigenvalue weighted by molar-refractivity contribution is 6.10. The first-order valence-corrected chi connectivity index (χ1v) is 19.3. The maximum absolute atomic E-state index is 5.26. The fourth-order valence-corrected chi connectivity index (χ4v) is 8.28. The van der Waals surface area contributed by atoms with Gasteiger partial charge in [-0.1, -0.05) is 164 Å². The predicted molar refractivity (Wildman–Crippen MR) is 236 cm³/mol. The monoisotopic (exact) mass is 726 g/mol. The molecular weight excluding hydrogens is 693 g/mol. The van der Waals surface area contributed by atoms with Gasteiger partial charge in [0.15, 0.2) is 17.5 Å². The van der Waals surface area contributed by atoms with Gasteiger partial charge in [-0.2, -0.15) is 0 Å². The van der Waals surface area contributed by atoms with Gasteiger partial charge in [-0.05, 0) is 86.3 Å². The van der Waals surface area contributed by atoms with Gasteiger partial charge < -0.3 is 4.57 Å². The molecule has 2 heterocycles. The van der Waals surface area contributed by atoms with Gasteiger partial charge >= 0.3 is 0 Å². The number of fused-ring (bicyclic) bond motifs is 5. The molecule has 0 aliphatic rings. The molecule has 2 aromatic heterocycles. The van der Waals surface area contributed by atoms with E-state index in [1.165, 1.54) is 32.9 Å². The molecule has 0 N–H and O–H groups in total. The van der Waals surface area contributed by atoms with Crippen molar-refractivity contribution in [3.05, 3.63) is 206 Å². The van der Waals surface area contributed by atoms with E-state index < -0.39 is 0 Å². The lowest BCUT2D eigenvalue weighted by molar-refractivity contribution is 1.08. The highest BCUT2D eigenvalue weighted by Gasteiger charge is 2.19. The van der Waals surface area contributed by atoms with Gasteiger partial charge in [-0.25, -0.2) is 15.0 Å². The van der Waals surface area contributed by atoms with Crippen molar-refractivity contribution in [1.29, 1.82) is 0 Å². The maximum atomic E-state index is 5.26. The van der Waals surface area contributed by atoms with Crippen LogP contribution in [0.15, 0.2) is 206 Å². The smallest absolute Gasteiger partial charge is 0.165 e. The van der Waals surface area contributed by atoms with Crippen molar-refractivity contribution < 1.29 is 0 Å². The van der Waals surface area contributed by atoms with Crippen LogP contribution >= 0.6 is 0 Å². The number of para-hydroxylation sites is 2. The molecular formula is C53H34N4. The van der Waals surface area contributed by atoms with Crippen molar-refractivity contribution >= 4 is 43.4 Å². The van der Waals surface area contributed by atoms with Gasteiger partial charge in [0, 0.05) is 33.2 Å². The number of hydrogen-bond donors (Lipinski definition) is 0. The summed E-state index contributed by atoms with van der Waals surface area (Å²) < 4.78 is 2.36. The Hall–Kier alpha value is -7.69. The summed E-state index contributed by atoms with van der Waals surface area (Å²) in [6.45, 7) is 0.